The molecule has 2 N–H and O–H groups in total. The van der Waals surface area contributed by atoms with E-state index < -0.39 is 0 Å². The number of anilines is 1. The van der Waals surface area contributed by atoms with E-state index in [1.807, 2.05) is 19.0 Å². The molecule has 5 nitrogen and oxygen atoms in total. The molecule has 1 aromatic rings. The third kappa shape index (κ3) is 2.61. The lowest BCUT2D eigenvalue weighted by Crippen LogP contribution is -2.41. The number of amides is 1. The number of carbonyl (C=O) groups is 1. The maximum atomic E-state index is 12.4. The predicted molar refractivity (Wildman–Crippen MR) is 71.3 cm³/mol. The van der Waals surface area contributed by atoms with Crippen molar-refractivity contribution in [3.8, 4) is 0 Å². The third-order valence-corrected chi connectivity index (χ3v) is 3.28. The van der Waals surface area contributed by atoms with Crippen molar-refractivity contribution in [2.45, 2.75) is 18.9 Å². The van der Waals surface area contributed by atoms with Crippen molar-refractivity contribution in [1.82, 2.24) is 14.8 Å². The fraction of sp³-hybridized carbons (Fsp3) is 0.538. The number of aromatic nitrogens is 1. The van der Waals surface area contributed by atoms with Crippen molar-refractivity contribution in [2.24, 2.45) is 0 Å². The number of likely N-dealkylation sites (tertiary alicyclic amines) is 1. The first-order valence-corrected chi connectivity index (χ1v) is 6.26. The SMILES string of the molecule is CN(C)CC1CCCN1C(=O)c1cccnc1N. The van der Waals surface area contributed by atoms with Gasteiger partial charge in [0.05, 0.1) is 5.56 Å². The molecule has 1 aliphatic heterocycles. The van der Waals surface area contributed by atoms with Crippen LogP contribution in [-0.2, 0) is 0 Å². The average Bonchev–Trinajstić information content (AvgIpc) is 2.76. The Labute approximate surface area is 108 Å². The summed E-state index contributed by atoms with van der Waals surface area (Å²) in [5, 5.41) is 0. The van der Waals surface area contributed by atoms with Crippen molar-refractivity contribution in [1.29, 1.82) is 0 Å². The molecule has 0 spiro atoms. The Morgan fingerprint density at radius 3 is 3.06 bits per heavy atom. The third-order valence-electron chi connectivity index (χ3n) is 3.28. The van der Waals surface area contributed by atoms with Crippen molar-refractivity contribution >= 4 is 11.7 Å². The Bertz CT molecular complexity index is 433. The van der Waals surface area contributed by atoms with Crippen LogP contribution >= 0.6 is 0 Å². The molecule has 0 aliphatic carbocycles. The van der Waals surface area contributed by atoms with Crippen molar-refractivity contribution in [3.05, 3.63) is 23.9 Å². The quantitative estimate of drug-likeness (QED) is 0.860. The Morgan fingerprint density at radius 2 is 2.39 bits per heavy atom. The monoisotopic (exact) mass is 248 g/mol. The van der Waals surface area contributed by atoms with Gasteiger partial charge in [-0.3, -0.25) is 4.79 Å². The van der Waals surface area contributed by atoms with Crippen LogP contribution in [0.4, 0.5) is 5.82 Å². The standard InChI is InChI=1S/C13H20N4O/c1-16(2)9-10-5-4-8-17(10)13(18)11-6-3-7-15-12(11)14/h3,6-7,10H,4-5,8-9H2,1-2H3,(H2,14,15). The zero-order valence-corrected chi connectivity index (χ0v) is 11.0. The highest BCUT2D eigenvalue weighted by Gasteiger charge is 2.30. The van der Waals surface area contributed by atoms with Gasteiger partial charge < -0.3 is 15.5 Å². The second-order valence-corrected chi connectivity index (χ2v) is 4.99. The van der Waals surface area contributed by atoms with Crippen LogP contribution in [0.15, 0.2) is 18.3 Å². The molecule has 1 atom stereocenters. The van der Waals surface area contributed by atoms with Gasteiger partial charge in [-0.15, -0.1) is 0 Å². The molecular weight excluding hydrogens is 228 g/mol. The summed E-state index contributed by atoms with van der Waals surface area (Å²) in [6, 6.07) is 3.78. The first-order valence-electron chi connectivity index (χ1n) is 6.26. The van der Waals surface area contributed by atoms with E-state index in [1.165, 1.54) is 0 Å². The number of carbonyl (C=O) groups excluding carboxylic acids is 1. The van der Waals surface area contributed by atoms with Crippen LogP contribution in [0, 0.1) is 0 Å². The molecule has 1 aliphatic rings. The summed E-state index contributed by atoms with van der Waals surface area (Å²) in [5.74, 6) is 0.322. The molecule has 1 fully saturated rings. The topological polar surface area (TPSA) is 62.5 Å². The summed E-state index contributed by atoms with van der Waals surface area (Å²) in [5.41, 5.74) is 6.28. The normalized spacial score (nSPS) is 19.5. The van der Waals surface area contributed by atoms with Gasteiger partial charge in [-0.1, -0.05) is 0 Å². The van der Waals surface area contributed by atoms with Crippen LogP contribution in [0.5, 0.6) is 0 Å². The molecule has 0 saturated carbocycles. The second kappa shape index (κ2) is 5.35. The second-order valence-electron chi connectivity index (χ2n) is 4.99. The van der Waals surface area contributed by atoms with E-state index >= 15 is 0 Å². The van der Waals surface area contributed by atoms with E-state index in [4.69, 9.17) is 5.73 Å². The van der Waals surface area contributed by atoms with Crippen LogP contribution in [-0.4, -0.2) is 53.9 Å². The average molecular weight is 248 g/mol. The Kier molecular flexibility index (Phi) is 3.81. The zero-order valence-electron chi connectivity index (χ0n) is 11.0. The van der Waals surface area contributed by atoms with Gasteiger partial charge in [0.15, 0.2) is 0 Å². The van der Waals surface area contributed by atoms with Crippen molar-refractivity contribution in [2.75, 3.05) is 32.9 Å². The molecule has 1 aromatic heterocycles. The molecule has 1 saturated heterocycles. The van der Waals surface area contributed by atoms with Crippen molar-refractivity contribution in [3.63, 3.8) is 0 Å². The highest BCUT2D eigenvalue weighted by Crippen LogP contribution is 2.22. The largest absolute Gasteiger partial charge is 0.383 e. The number of hydrogen-bond acceptors (Lipinski definition) is 4. The molecule has 0 aromatic carbocycles. The van der Waals surface area contributed by atoms with Crippen LogP contribution in [0.25, 0.3) is 0 Å². The van der Waals surface area contributed by atoms with Crippen LogP contribution in [0.2, 0.25) is 0 Å². The summed E-state index contributed by atoms with van der Waals surface area (Å²) >= 11 is 0. The molecule has 2 heterocycles. The van der Waals surface area contributed by atoms with E-state index in [0.29, 0.717) is 11.4 Å². The molecule has 1 amide bonds. The number of likely N-dealkylation sites (N-methyl/N-ethyl adjacent to an activating group) is 1. The van der Waals surface area contributed by atoms with E-state index in [1.54, 1.807) is 18.3 Å². The van der Waals surface area contributed by atoms with Gasteiger partial charge >= 0.3 is 0 Å². The van der Waals surface area contributed by atoms with E-state index in [-0.39, 0.29) is 11.9 Å². The molecule has 98 valence electrons. The highest BCUT2D eigenvalue weighted by atomic mass is 16.2. The minimum atomic E-state index is 0.00458. The number of hydrogen-bond donors (Lipinski definition) is 1. The van der Waals surface area contributed by atoms with Gasteiger partial charge in [-0.05, 0) is 39.1 Å². The number of nitrogens with two attached hydrogens (primary N) is 1. The molecule has 18 heavy (non-hydrogen) atoms. The summed E-state index contributed by atoms with van der Waals surface area (Å²) in [7, 11) is 4.05. The van der Waals surface area contributed by atoms with Gasteiger partial charge in [0.1, 0.15) is 5.82 Å². The number of rotatable bonds is 3. The summed E-state index contributed by atoms with van der Waals surface area (Å²) in [4.78, 5) is 20.5. The van der Waals surface area contributed by atoms with Gasteiger partial charge in [-0.2, -0.15) is 0 Å². The van der Waals surface area contributed by atoms with Crippen LogP contribution < -0.4 is 5.73 Å². The fourth-order valence-electron chi connectivity index (χ4n) is 2.47. The maximum Gasteiger partial charge on any atom is 0.257 e. The highest BCUT2D eigenvalue weighted by molar-refractivity contribution is 5.98. The van der Waals surface area contributed by atoms with Gasteiger partial charge in [0.2, 0.25) is 0 Å². The molecule has 0 bridgehead atoms. The maximum absolute atomic E-state index is 12.4. The molecule has 2 rings (SSSR count). The first-order chi connectivity index (χ1) is 8.59. The molecule has 0 radical (unpaired) electrons. The summed E-state index contributed by atoms with van der Waals surface area (Å²) in [6.07, 6.45) is 3.72. The first kappa shape index (κ1) is 12.8. The Morgan fingerprint density at radius 1 is 1.61 bits per heavy atom. The Balaban J connectivity index is 2.15. The number of pyridine rings is 1. The minimum Gasteiger partial charge on any atom is -0.383 e. The lowest BCUT2D eigenvalue weighted by Gasteiger charge is -2.27. The summed E-state index contributed by atoms with van der Waals surface area (Å²) < 4.78 is 0. The van der Waals surface area contributed by atoms with Crippen LogP contribution in [0.3, 0.4) is 0 Å². The molecule has 1 unspecified atom stereocenters. The number of nitrogen functional groups attached to an aromatic ring is 1. The van der Waals surface area contributed by atoms with E-state index in [0.717, 1.165) is 25.9 Å². The van der Waals surface area contributed by atoms with Gasteiger partial charge in [0.25, 0.3) is 5.91 Å². The fourth-order valence-corrected chi connectivity index (χ4v) is 2.47. The predicted octanol–water partition coefficient (Wildman–Crippen LogP) is 0.830. The summed E-state index contributed by atoms with van der Waals surface area (Å²) in [6.45, 7) is 1.71. The van der Waals surface area contributed by atoms with Gasteiger partial charge in [-0.25, -0.2) is 4.98 Å². The van der Waals surface area contributed by atoms with E-state index in [9.17, 15) is 4.79 Å². The molecule has 5 heteroatoms. The molecular formula is C13H20N4O. The Hall–Kier alpha value is -1.62. The van der Waals surface area contributed by atoms with Crippen molar-refractivity contribution < 1.29 is 4.79 Å². The lowest BCUT2D eigenvalue weighted by atomic mass is 10.2. The van der Waals surface area contributed by atoms with Gasteiger partial charge in [0, 0.05) is 25.3 Å². The zero-order chi connectivity index (χ0) is 13.1. The lowest BCUT2D eigenvalue weighted by molar-refractivity contribution is 0.0717. The van der Waals surface area contributed by atoms with Crippen LogP contribution in [0.1, 0.15) is 23.2 Å². The number of nitrogens with zero attached hydrogens (tertiary/aromatic N) is 3. The minimum absolute atomic E-state index is 0.00458. The van der Waals surface area contributed by atoms with E-state index in [2.05, 4.69) is 9.88 Å². The smallest absolute Gasteiger partial charge is 0.257 e.